The molecule has 4 aromatic rings. The smallest absolute Gasteiger partial charge is 0.269 e. The molecule has 0 bridgehead atoms. The fraction of sp³-hybridized carbons (Fsp3) is 0.333. The van der Waals surface area contributed by atoms with E-state index in [0.717, 1.165) is 16.6 Å². The summed E-state index contributed by atoms with van der Waals surface area (Å²) in [6.45, 7) is 6.70. The number of rotatable bonds is 9. The van der Waals surface area contributed by atoms with E-state index in [2.05, 4.69) is 27.5 Å². The van der Waals surface area contributed by atoms with Crippen LogP contribution in [-0.2, 0) is 13.0 Å². The first-order chi connectivity index (χ1) is 16.9. The number of likely N-dealkylation sites (N-methyl/N-ethyl adjacent to an activating group) is 1. The number of aryl methyl sites for hydroxylation is 3. The Hall–Kier alpha value is -3.94. The van der Waals surface area contributed by atoms with Gasteiger partial charge in [-0.15, -0.1) is 0 Å². The molecule has 35 heavy (non-hydrogen) atoms. The molecule has 1 N–H and O–H groups in total. The van der Waals surface area contributed by atoms with Gasteiger partial charge in [0.15, 0.2) is 0 Å². The first-order valence-corrected chi connectivity index (χ1v) is 11.9. The van der Waals surface area contributed by atoms with Crippen molar-refractivity contribution in [1.29, 1.82) is 0 Å². The Morgan fingerprint density at radius 1 is 1.14 bits per heavy atom. The molecule has 0 unspecified atom stereocenters. The number of nitrogens with zero attached hydrogens (tertiary/aromatic N) is 4. The number of benzene rings is 1. The maximum absolute atomic E-state index is 13.5. The highest BCUT2D eigenvalue weighted by atomic mass is 16.3. The number of pyridine rings is 1. The summed E-state index contributed by atoms with van der Waals surface area (Å²) in [6, 6.07) is 15.4. The number of nitrogens with one attached hydrogen (secondary N) is 1. The molecule has 8 nitrogen and oxygen atoms in total. The van der Waals surface area contributed by atoms with E-state index in [1.165, 1.54) is 0 Å². The lowest BCUT2D eigenvalue weighted by Gasteiger charge is -2.29. The minimum absolute atomic E-state index is 0.106. The van der Waals surface area contributed by atoms with Crippen LogP contribution in [0, 0.1) is 13.8 Å². The van der Waals surface area contributed by atoms with Crippen molar-refractivity contribution in [3.05, 3.63) is 83.0 Å². The number of carbonyl (C=O) groups is 2. The van der Waals surface area contributed by atoms with Crippen LogP contribution in [0.15, 0.2) is 59.2 Å². The minimum Gasteiger partial charge on any atom is -0.446 e. The van der Waals surface area contributed by atoms with Crippen molar-refractivity contribution < 1.29 is 14.0 Å². The third-order valence-corrected chi connectivity index (χ3v) is 6.24. The van der Waals surface area contributed by atoms with Crippen molar-refractivity contribution in [2.24, 2.45) is 0 Å². The lowest BCUT2D eigenvalue weighted by atomic mass is 10.0. The largest absolute Gasteiger partial charge is 0.446 e. The highest BCUT2D eigenvalue weighted by molar-refractivity contribution is 5.98. The molecule has 0 aliphatic heterocycles. The van der Waals surface area contributed by atoms with E-state index in [9.17, 15) is 9.59 Å². The molecule has 2 amide bonds. The Balaban J connectivity index is 1.50. The Kier molecular flexibility index (Phi) is 7.29. The Morgan fingerprint density at radius 2 is 1.91 bits per heavy atom. The van der Waals surface area contributed by atoms with Gasteiger partial charge in [0.1, 0.15) is 5.69 Å². The first-order valence-electron chi connectivity index (χ1n) is 11.9. The van der Waals surface area contributed by atoms with Gasteiger partial charge in [-0.1, -0.05) is 30.3 Å². The second kappa shape index (κ2) is 10.5. The number of hydrogen-bond acceptors (Lipinski definition) is 5. The van der Waals surface area contributed by atoms with Crippen LogP contribution in [0.5, 0.6) is 0 Å². The summed E-state index contributed by atoms with van der Waals surface area (Å²) in [5, 5.41) is 8.15. The van der Waals surface area contributed by atoms with Gasteiger partial charge in [0.25, 0.3) is 11.8 Å². The minimum atomic E-state index is -0.162. The SMILES string of the molecule is CCn1nc(C)cc1C(=O)NCC[C@H](Cc1ccccc1)N(C)C(=O)c1cc2ccoc2nc1C. The van der Waals surface area contributed by atoms with E-state index in [1.54, 1.807) is 28.0 Å². The highest BCUT2D eigenvalue weighted by Crippen LogP contribution is 2.21. The Morgan fingerprint density at radius 3 is 2.66 bits per heavy atom. The number of aromatic nitrogens is 3. The third kappa shape index (κ3) is 5.42. The molecule has 0 aliphatic carbocycles. The molecular formula is C27H31N5O3. The maximum Gasteiger partial charge on any atom is 0.269 e. The predicted molar refractivity (Wildman–Crippen MR) is 134 cm³/mol. The zero-order chi connectivity index (χ0) is 24.9. The summed E-state index contributed by atoms with van der Waals surface area (Å²) in [6.07, 6.45) is 2.84. The molecule has 3 heterocycles. The summed E-state index contributed by atoms with van der Waals surface area (Å²) in [4.78, 5) is 32.5. The topological polar surface area (TPSA) is 93.3 Å². The number of fused-ring (bicyclic) bond motifs is 1. The van der Waals surface area contributed by atoms with Crippen LogP contribution in [0.1, 0.15) is 51.1 Å². The molecule has 8 heteroatoms. The average molecular weight is 474 g/mol. The molecule has 1 atom stereocenters. The van der Waals surface area contributed by atoms with Crippen molar-refractivity contribution in [2.75, 3.05) is 13.6 Å². The quantitative estimate of drug-likeness (QED) is 0.394. The molecule has 1 aromatic carbocycles. The molecule has 0 radical (unpaired) electrons. The molecule has 0 saturated heterocycles. The second-order valence-electron chi connectivity index (χ2n) is 8.73. The normalized spacial score (nSPS) is 12.0. The fourth-order valence-corrected chi connectivity index (χ4v) is 4.29. The Labute approximate surface area is 204 Å². The van der Waals surface area contributed by atoms with Gasteiger partial charge >= 0.3 is 0 Å². The molecule has 182 valence electrons. The van der Waals surface area contributed by atoms with Crippen LogP contribution < -0.4 is 5.32 Å². The van der Waals surface area contributed by atoms with E-state index in [0.29, 0.717) is 48.6 Å². The van der Waals surface area contributed by atoms with E-state index < -0.39 is 0 Å². The van der Waals surface area contributed by atoms with Gasteiger partial charge in [-0.3, -0.25) is 14.3 Å². The van der Waals surface area contributed by atoms with Crippen LogP contribution in [0.25, 0.3) is 11.1 Å². The molecular weight excluding hydrogens is 442 g/mol. The molecule has 0 saturated carbocycles. The van der Waals surface area contributed by atoms with Crippen molar-refractivity contribution in [3.8, 4) is 0 Å². The van der Waals surface area contributed by atoms with Crippen LogP contribution in [-0.4, -0.2) is 51.1 Å². The summed E-state index contributed by atoms with van der Waals surface area (Å²) >= 11 is 0. The second-order valence-corrected chi connectivity index (χ2v) is 8.73. The van der Waals surface area contributed by atoms with Gasteiger partial charge in [-0.05, 0) is 57.4 Å². The standard InChI is InChI=1S/C27H31N5O3/c1-5-32-24(15-18(2)30-32)25(33)28-13-11-22(16-20-9-7-6-8-10-20)31(4)27(34)23-17-21-12-14-35-26(21)29-19(23)3/h6-10,12,14-15,17,22H,5,11,13,16H2,1-4H3,(H,28,33)/t22-/m1/s1. The van der Waals surface area contributed by atoms with Gasteiger partial charge in [-0.25, -0.2) is 4.98 Å². The Bertz CT molecular complexity index is 1330. The first kappa shape index (κ1) is 24.2. The predicted octanol–water partition coefficient (Wildman–Crippen LogP) is 4.16. The van der Waals surface area contributed by atoms with Crippen LogP contribution in [0.3, 0.4) is 0 Å². The zero-order valence-electron chi connectivity index (χ0n) is 20.6. The summed E-state index contributed by atoms with van der Waals surface area (Å²) in [5.41, 5.74) is 4.17. The van der Waals surface area contributed by atoms with E-state index in [1.807, 2.05) is 52.1 Å². The average Bonchev–Trinajstić information content (AvgIpc) is 3.48. The lowest BCUT2D eigenvalue weighted by molar-refractivity contribution is 0.0721. The fourth-order valence-electron chi connectivity index (χ4n) is 4.29. The zero-order valence-corrected chi connectivity index (χ0v) is 20.6. The molecule has 4 rings (SSSR count). The van der Waals surface area contributed by atoms with Crippen molar-refractivity contribution in [1.82, 2.24) is 25.0 Å². The molecule has 0 aliphatic rings. The summed E-state index contributed by atoms with van der Waals surface area (Å²) < 4.78 is 7.07. The van der Waals surface area contributed by atoms with E-state index in [4.69, 9.17) is 4.42 Å². The van der Waals surface area contributed by atoms with Crippen LogP contribution >= 0.6 is 0 Å². The van der Waals surface area contributed by atoms with Crippen LogP contribution in [0.2, 0.25) is 0 Å². The number of hydrogen-bond donors (Lipinski definition) is 1. The molecule has 0 fully saturated rings. The van der Waals surface area contributed by atoms with Gasteiger partial charge in [0, 0.05) is 31.6 Å². The highest BCUT2D eigenvalue weighted by Gasteiger charge is 2.24. The molecule has 3 aromatic heterocycles. The van der Waals surface area contributed by atoms with Crippen molar-refractivity contribution in [2.45, 2.75) is 46.2 Å². The van der Waals surface area contributed by atoms with Gasteiger partial charge in [0.2, 0.25) is 5.71 Å². The number of carbonyl (C=O) groups excluding carboxylic acids is 2. The lowest BCUT2D eigenvalue weighted by Crippen LogP contribution is -2.41. The van der Waals surface area contributed by atoms with E-state index in [-0.39, 0.29) is 17.9 Å². The van der Waals surface area contributed by atoms with Crippen LogP contribution in [0.4, 0.5) is 0 Å². The third-order valence-electron chi connectivity index (χ3n) is 6.24. The van der Waals surface area contributed by atoms with Crippen molar-refractivity contribution >= 4 is 22.9 Å². The van der Waals surface area contributed by atoms with Gasteiger partial charge in [0.05, 0.1) is 23.2 Å². The van der Waals surface area contributed by atoms with Gasteiger partial charge < -0.3 is 14.6 Å². The number of amides is 2. The van der Waals surface area contributed by atoms with Gasteiger partial charge in [-0.2, -0.15) is 5.10 Å². The van der Waals surface area contributed by atoms with Crippen molar-refractivity contribution in [3.63, 3.8) is 0 Å². The summed E-state index contributed by atoms with van der Waals surface area (Å²) in [7, 11) is 1.81. The molecule has 0 spiro atoms. The van der Waals surface area contributed by atoms with E-state index >= 15 is 0 Å². The summed E-state index contributed by atoms with van der Waals surface area (Å²) in [5.74, 6) is -0.268. The monoisotopic (exact) mass is 473 g/mol. The number of furan rings is 1. The maximum atomic E-state index is 13.5.